The van der Waals surface area contributed by atoms with E-state index in [-0.39, 0.29) is 5.02 Å². The van der Waals surface area contributed by atoms with Crippen molar-refractivity contribution in [2.24, 2.45) is 0 Å². The lowest BCUT2D eigenvalue weighted by Gasteiger charge is -2.13. The van der Waals surface area contributed by atoms with E-state index in [9.17, 15) is 4.79 Å². The predicted molar refractivity (Wildman–Crippen MR) is 94.4 cm³/mol. The summed E-state index contributed by atoms with van der Waals surface area (Å²) in [7, 11) is 0. The van der Waals surface area contributed by atoms with Gasteiger partial charge in [-0.3, -0.25) is 4.79 Å². The van der Waals surface area contributed by atoms with Gasteiger partial charge in [-0.25, -0.2) is 5.10 Å². The Morgan fingerprint density at radius 3 is 2.54 bits per heavy atom. The standard InChI is InChI=1S/C18H16ClN3O2/c19-17-16(11-21-22-18(17)23)20-10-13-6-4-5-7-14(13)12-24-15-8-2-1-3-9-15/h1-9,11H,10,12H2,(H2,20,22,23). The highest BCUT2D eigenvalue weighted by Crippen LogP contribution is 2.18. The predicted octanol–water partition coefficient (Wildman–Crippen LogP) is 3.61. The van der Waals surface area contributed by atoms with Crippen molar-refractivity contribution in [3.05, 3.63) is 87.3 Å². The normalized spacial score (nSPS) is 10.4. The molecule has 5 nitrogen and oxygen atoms in total. The molecule has 1 aromatic heterocycles. The average Bonchev–Trinajstić information content (AvgIpc) is 2.63. The van der Waals surface area contributed by atoms with Gasteiger partial charge in [-0.05, 0) is 23.3 Å². The van der Waals surface area contributed by atoms with E-state index >= 15 is 0 Å². The summed E-state index contributed by atoms with van der Waals surface area (Å²) < 4.78 is 5.81. The minimum Gasteiger partial charge on any atom is -0.489 e. The van der Waals surface area contributed by atoms with Crippen LogP contribution in [0.15, 0.2) is 65.6 Å². The van der Waals surface area contributed by atoms with Crippen molar-refractivity contribution in [3.8, 4) is 5.75 Å². The van der Waals surface area contributed by atoms with Gasteiger partial charge in [-0.2, -0.15) is 5.10 Å². The van der Waals surface area contributed by atoms with Crippen molar-refractivity contribution in [1.82, 2.24) is 10.2 Å². The van der Waals surface area contributed by atoms with Gasteiger partial charge in [0.05, 0.1) is 11.9 Å². The highest BCUT2D eigenvalue weighted by atomic mass is 35.5. The minimum atomic E-state index is -0.414. The molecule has 0 amide bonds. The Morgan fingerprint density at radius 2 is 1.75 bits per heavy atom. The number of hydrogen-bond acceptors (Lipinski definition) is 4. The molecule has 0 bridgehead atoms. The molecular formula is C18H16ClN3O2. The number of benzene rings is 2. The molecule has 24 heavy (non-hydrogen) atoms. The monoisotopic (exact) mass is 341 g/mol. The smallest absolute Gasteiger partial charge is 0.285 e. The Labute approximate surface area is 144 Å². The van der Waals surface area contributed by atoms with Gasteiger partial charge in [0.15, 0.2) is 0 Å². The molecular weight excluding hydrogens is 326 g/mol. The number of anilines is 1. The lowest BCUT2D eigenvalue weighted by atomic mass is 10.1. The van der Waals surface area contributed by atoms with Crippen molar-refractivity contribution in [1.29, 1.82) is 0 Å². The van der Waals surface area contributed by atoms with Gasteiger partial charge in [0.1, 0.15) is 17.4 Å². The van der Waals surface area contributed by atoms with Crippen molar-refractivity contribution in [3.63, 3.8) is 0 Å². The Kier molecular flexibility index (Phi) is 5.13. The Morgan fingerprint density at radius 1 is 1.04 bits per heavy atom. The van der Waals surface area contributed by atoms with E-state index in [0.717, 1.165) is 16.9 Å². The molecule has 6 heteroatoms. The number of halogens is 1. The van der Waals surface area contributed by atoms with Crippen molar-refractivity contribution in [2.75, 3.05) is 5.32 Å². The Balaban J connectivity index is 1.70. The van der Waals surface area contributed by atoms with Gasteiger partial charge >= 0.3 is 0 Å². The van der Waals surface area contributed by atoms with E-state index in [0.29, 0.717) is 18.8 Å². The summed E-state index contributed by atoms with van der Waals surface area (Å²) in [6.45, 7) is 0.975. The third-order valence-electron chi connectivity index (χ3n) is 3.52. The van der Waals surface area contributed by atoms with E-state index in [2.05, 4.69) is 15.5 Å². The van der Waals surface area contributed by atoms with Crippen LogP contribution >= 0.6 is 11.6 Å². The maximum Gasteiger partial charge on any atom is 0.285 e. The van der Waals surface area contributed by atoms with Crippen molar-refractivity contribution in [2.45, 2.75) is 13.2 Å². The molecule has 0 saturated heterocycles. The second-order valence-corrected chi connectivity index (χ2v) is 5.53. The van der Waals surface area contributed by atoms with Crippen LogP contribution < -0.4 is 15.6 Å². The van der Waals surface area contributed by atoms with Gasteiger partial charge in [-0.1, -0.05) is 54.1 Å². The Bertz CT molecular complexity index is 865. The van der Waals surface area contributed by atoms with Crippen molar-refractivity contribution >= 4 is 17.3 Å². The number of hydrogen-bond donors (Lipinski definition) is 2. The SMILES string of the molecule is O=c1[nH]ncc(NCc2ccccc2COc2ccccc2)c1Cl. The number of H-pyrrole nitrogens is 1. The Hall–Kier alpha value is -2.79. The number of para-hydroxylation sites is 1. The molecule has 0 fully saturated rings. The first kappa shape index (κ1) is 16.1. The molecule has 3 aromatic rings. The highest BCUT2D eigenvalue weighted by molar-refractivity contribution is 6.32. The van der Waals surface area contributed by atoms with E-state index < -0.39 is 5.56 Å². The first-order valence-electron chi connectivity index (χ1n) is 7.46. The zero-order chi connectivity index (χ0) is 16.8. The maximum absolute atomic E-state index is 11.5. The molecule has 0 spiro atoms. The lowest BCUT2D eigenvalue weighted by Crippen LogP contribution is -2.12. The fourth-order valence-electron chi connectivity index (χ4n) is 2.25. The first-order chi connectivity index (χ1) is 11.7. The fourth-order valence-corrected chi connectivity index (χ4v) is 2.40. The van der Waals surface area contributed by atoms with Crippen molar-refractivity contribution < 1.29 is 4.74 Å². The topological polar surface area (TPSA) is 67.0 Å². The first-order valence-corrected chi connectivity index (χ1v) is 7.83. The van der Waals surface area contributed by atoms with Crippen LogP contribution in [0, 0.1) is 0 Å². The average molecular weight is 342 g/mol. The van der Waals surface area contributed by atoms with Gasteiger partial charge < -0.3 is 10.1 Å². The van der Waals surface area contributed by atoms with Crippen LogP contribution in [0.25, 0.3) is 0 Å². The molecule has 0 atom stereocenters. The number of ether oxygens (including phenoxy) is 1. The summed E-state index contributed by atoms with van der Waals surface area (Å²) in [6.07, 6.45) is 1.49. The van der Waals surface area contributed by atoms with Crippen LogP contribution in [0.1, 0.15) is 11.1 Å². The molecule has 0 aliphatic heterocycles. The highest BCUT2D eigenvalue weighted by Gasteiger charge is 2.07. The molecule has 3 rings (SSSR count). The summed E-state index contributed by atoms with van der Waals surface area (Å²) >= 11 is 5.97. The molecule has 0 aliphatic carbocycles. The molecule has 2 N–H and O–H groups in total. The van der Waals surface area contributed by atoms with Gasteiger partial charge in [0.2, 0.25) is 0 Å². The van der Waals surface area contributed by atoms with Crippen LogP contribution in [-0.2, 0) is 13.2 Å². The summed E-state index contributed by atoms with van der Waals surface area (Å²) in [6, 6.07) is 17.6. The quantitative estimate of drug-likeness (QED) is 0.718. The number of nitrogens with one attached hydrogen (secondary N) is 2. The van der Waals surface area contributed by atoms with Crippen LogP contribution in [-0.4, -0.2) is 10.2 Å². The second-order valence-electron chi connectivity index (χ2n) is 5.15. The largest absolute Gasteiger partial charge is 0.489 e. The van der Waals surface area contributed by atoms with Crippen LogP contribution in [0.3, 0.4) is 0 Å². The summed E-state index contributed by atoms with van der Waals surface area (Å²) in [5.74, 6) is 0.821. The van der Waals surface area contributed by atoms with Crippen LogP contribution in [0.2, 0.25) is 5.02 Å². The molecule has 0 unspecified atom stereocenters. The molecule has 1 heterocycles. The number of nitrogens with zero attached hydrogens (tertiary/aromatic N) is 1. The minimum absolute atomic E-state index is 0.100. The molecule has 0 saturated carbocycles. The van der Waals surface area contributed by atoms with Gasteiger partial charge in [0.25, 0.3) is 5.56 Å². The van der Waals surface area contributed by atoms with E-state index in [4.69, 9.17) is 16.3 Å². The van der Waals surface area contributed by atoms with Gasteiger partial charge in [0, 0.05) is 6.54 Å². The molecule has 0 radical (unpaired) electrons. The van der Waals surface area contributed by atoms with E-state index in [1.807, 2.05) is 54.6 Å². The molecule has 122 valence electrons. The van der Waals surface area contributed by atoms with Crippen LogP contribution in [0.5, 0.6) is 5.75 Å². The zero-order valence-corrected chi connectivity index (χ0v) is 13.6. The number of rotatable bonds is 6. The molecule has 2 aromatic carbocycles. The number of aromatic nitrogens is 2. The summed E-state index contributed by atoms with van der Waals surface area (Å²) in [5, 5.41) is 9.28. The summed E-state index contributed by atoms with van der Waals surface area (Å²) in [5.41, 5.74) is 2.20. The van der Waals surface area contributed by atoms with E-state index in [1.54, 1.807) is 0 Å². The lowest BCUT2D eigenvalue weighted by molar-refractivity contribution is 0.305. The maximum atomic E-state index is 11.5. The summed E-state index contributed by atoms with van der Waals surface area (Å²) in [4.78, 5) is 11.5. The van der Waals surface area contributed by atoms with E-state index in [1.165, 1.54) is 6.20 Å². The number of aromatic amines is 1. The third kappa shape index (κ3) is 3.94. The zero-order valence-electron chi connectivity index (χ0n) is 12.8. The van der Waals surface area contributed by atoms with Gasteiger partial charge in [-0.15, -0.1) is 0 Å². The third-order valence-corrected chi connectivity index (χ3v) is 3.90. The van der Waals surface area contributed by atoms with Crippen LogP contribution in [0.4, 0.5) is 5.69 Å². The second kappa shape index (κ2) is 7.66. The fraction of sp³-hybridized carbons (Fsp3) is 0.111. The molecule has 0 aliphatic rings.